The van der Waals surface area contributed by atoms with Crippen molar-refractivity contribution in [2.45, 2.75) is 19.8 Å². The maximum atomic E-state index is 11.6. The van der Waals surface area contributed by atoms with Crippen LogP contribution in [-0.4, -0.2) is 39.9 Å². The molecule has 0 amide bonds. The highest BCUT2D eigenvalue weighted by Gasteiger charge is 2.27. The maximum Gasteiger partial charge on any atom is 0.306 e. The van der Waals surface area contributed by atoms with Crippen LogP contribution in [0.15, 0.2) is 18.2 Å². The molecule has 1 aliphatic heterocycles. The predicted octanol–water partition coefficient (Wildman–Crippen LogP) is 2.48. The van der Waals surface area contributed by atoms with E-state index in [4.69, 9.17) is 14.2 Å². The summed E-state index contributed by atoms with van der Waals surface area (Å²) < 4.78 is 15.7. The number of hydrogen-bond donors (Lipinski definition) is 0. The van der Waals surface area contributed by atoms with Crippen LogP contribution in [0.3, 0.4) is 0 Å². The minimum atomic E-state index is -0.109. The van der Waals surface area contributed by atoms with Crippen molar-refractivity contribution < 1.29 is 19.0 Å². The highest BCUT2D eigenvalue weighted by Crippen LogP contribution is 2.36. The topological polar surface area (TPSA) is 48.0 Å². The molecule has 0 aromatic heterocycles. The van der Waals surface area contributed by atoms with E-state index in [0.29, 0.717) is 18.9 Å². The van der Waals surface area contributed by atoms with E-state index < -0.39 is 0 Å². The molecule has 5 heteroatoms. The number of rotatable bonds is 6. The Balaban J connectivity index is 2.05. The summed E-state index contributed by atoms with van der Waals surface area (Å²) in [6, 6.07) is 5.77. The van der Waals surface area contributed by atoms with Crippen LogP contribution in [0.5, 0.6) is 11.5 Å². The van der Waals surface area contributed by atoms with Crippen molar-refractivity contribution in [3.8, 4) is 11.5 Å². The number of carbonyl (C=O) groups is 1. The van der Waals surface area contributed by atoms with Crippen molar-refractivity contribution in [2.24, 2.45) is 5.92 Å². The monoisotopic (exact) mass is 293 g/mol. The molecule has 116 valence electrons. The third-order valence-electron chi connectivity index (χ3n) is 3.77. The summed E-state index contributed by atoms with van der Waals surface area (Å²) in [6.07, 6.45) is 1.47. The molecule has 1 heterocycles. The van der Waals surface area contributed by atoms with E-state index in [2.05, 4.69) is 4.90 Å². The standard InChI is InChI=1S/C16H23NO4/c1-4-21-16(18)9-12-7-8-17(11-12)14-10-13(19-2)5-6-15(14)20-3/h5-6,10,12H,4,7-9,11H2,1-3H3. The normalized spacial score (nSPS) is 17.7. The summed E-state index contributed by atoms with van der Waals surface area (Å²) >= 11 is 0. The second-order valence-corrected chi connectivity index (χ2v) is 5.15. The van der Waals surface area contributed by atoms with E-state index in [-0.39, 0.29) is 5.97 Å². The highest BCUT2D eigenvalue weighted by molar-refractivity contribution is 5.70. The van der Waals surface area contributed by atoms with E-state index in [0.717, 1.165) is 36.7 Å². The van der Waals surface area contributed by atoms with Crippen LogP contribution in [0.25, 0.3) is 0 Å². The Morgan fingerprint density at radius 1 is 1.33 bits per heavy atom. The minimum absolute atomic E-state index is 0.109. The van der Waals surface area contributed by atoms with Gasteiger partial charge in [-0.2, -0.15) is 0 Å². The van der Waals surface area contributed by atoms with E-state index in [9.17, 15) is 4.79 Å². The van der Waals surface area contributed by atoms with E-state index in [1.54, 1.807) is 14.2 Å². The van der Waals surface area contributed by atoms with Gasteiger partial charge in [0, 0.05) is 19.2 Å². The zero-order valence-electron chi connectivity index (χ0n) is 12.9. The van der Waals surface area contributed by atoms with Crippen LogP contribution in [0.2, 0.25) is 0 Å². The number of anilines is 1. The van der Waals surface area contributed by atoms with Gasteiger partial charge in [-0.25, -0.2) is 0 Å². The first-order valence-corrected chi connectivity index (χ1v) is 7.30. The van der Waals surface area contributed by atoms with Gasteiger partial charge in [-0.05, 0) is 31.4 Å². The SMILES string of the molecule is CCOC(=O)CC1CCN(c2cc(OC)ccc2OC)C1. The quantitative estimate of drug-likeness (QED) is 0.754. The van der Waals surface area contributed by atoms with Crippen LogP contribution >= 0.6 is 0 Å². The Hall–Kier alpha value is -1.91. The smallest absolute Gasteiger partial charge is 0.306 e. The molecule has 1 atom stereocenters. The van der Waals surface area contributed by atoms with Crippen LogP contribution in [0.1, 0.15) is 19.8 Å². The summed E-state index contributed by atoms with van der Waals surface area (Å²) in [5, 5.41) is 0. The molecule has 1 aromatic rings. The fraction of sp³-hybridized carbons (Fsp3) is 0.562. The Morgan fingerprint density at radius 2 is 2.14 bits per heavy atom. The van der Waals surface area contributed by atoms with Gasteiger partial charge in [-0.3, -0.25) is 4.79 Å². The molecule has 2 rings (SSSR count). The first kappa shape index (κ1) is 15.5. The molecular formula is C16H23NO4. The van der Waals surface area contributed by atoms with Crippen molar-refractivity contribution >= 4 is 11.7 Å². The molecule has 0 bridgehead atoms. The summed E-state index contributed by atoms with van der Waals surface area (Å²) in [7, 11) is 3.32. The summed E-state index contributed by atoms with van der Waals surface area (Å²) in [5.41, 5.74) is 1.02. The number of nitrogens with zero attached hydrogens (tertiary/aromatic N) is 1. The number of ether oxygens (including phenoxy) is 3. The van der Waals surface area contributed by atoms with Gasteiger partial charge in [-0.1, -0.05) is 0 Å². The van der Waals surface area contributed by atoms with Gasteiger partial charge in [0.2, 0.25) is 0 Å². The third-order valence-corrected chi connectivity index (χ3v) is 3.77. The van der Waals surface area contributed by atoms with Crippen molar-refractivity contribution in [1.29, 1.82) is 0 Å². The second kappa shape index (κ2) is 7.20. The largest absolute Gasteiger partial charge is 0.497 e. The van der Waals surface area contributed by atoms with Crippen LogP contribution in [0, 0.1) is 5.92 Å². The molecule has 0 saturated carbocycles. The molecule has 0 aliphatic carbocycles. The number of hydrogen-bond acceptors (Lipinski definition) is 5. The lowest BCUT2D eigenvalue weighted by Crippen LogP contribution is -2.21. The minimum Gasteiger partial charge on any atom is -0.497 e. The molecule has 0 N–H and O–H groups in total. The maximum absolute atomic E-state index is 11.6. The zero-order chi connectivity index (χ0) is 15.2. The predicted molar refractivity (Wildman–Crippen MR) is 81.1 cm³/mol. The lowest BCUT2D eigenvalue weighted by molar-refractivity contribution is -0.144. The first-order chi connectivity index (χ1) is 10.2. The van der Waals surface area contributed by atoms with Gasteiger partial charge in [0.15, 0.2) is 0 Å². The van der Waals surface area contributed by atoms with Gasteiger partial charge < -0.3 is 19.1 Å². The van der Waals surface area contributed by atoms with Crippen molar-refractivity contribution in [3.63, 3.8) is 0 Å². The van der Waals surface area contributed by atoms with Crippen molar-refractivity contribution in [2.75, 3.05) is 38.8 Å². The number of carbonyl (C=O) groups excluding carboxylic acids is 1. The average Bonchev–Trinajstić information content (AvgIpc) is 2.95. The molecule has 1 fully saturated rings. The molecule has 5 nitrogen and oxygen atoms in total. The van der Waals surface area contributed by atoms with Crippen LogP contribution in [-0.2, 0) is 9.53 Å². The summed E-state index contributed by atoms with van der Waals surface area (Å²) in [5.74, 6) is 1.86. The average molecular weight is 293 g/mol. The van der Waals surface area contributed by atoms with Crippen molar-refractivity contribution in [1.82, 2.24) is 0 Å². The fourth-order valence-electron chi connectivity index (χ4n) is 2.72. The summed E-state index contributed by atoms with van der Waals surface area (Å²) in [6.45, 7) is 4.02. The molecule has 0 spiro atoms. The second-order valence-electron chi connectivity index (χ2n) is 5.15. The fourth-order valence-corrected chi connectivity index (χ4v) is 2.72. The highest BCUT2D eigenvalue weighted by atomic mass is 16.5. The molecule has 1 unspecified atom stereocenters. The van der Waals surface area contributed by atoms with E-state index in [1.165, 1.54) is 0 Å². The summed E-state index contributed by atoms with van der Waals surface area (Å²) in [4.78, 5) is 13.8. The number of esters is 1. The third kappa shape index (κ3) is 3.80. The molecular weight excluding hydrogens is 270 g/mol. The Morgan fingerprint density at radius 3 is 2.81 bits per heavy atom. The molecule has 1 aliphatic rings. The lowest BCUT2D eigenvalue weighted by Gasteiger charge is -2.22. The van der Waals surface area contributed by atoms with Gasteiger partial charge in [0.05, 0.1) is 32.9 Å². The van der Waals surface area contributed by atoms with Gasteiger partial charge in [-0.15, -0.1) is 0 Å². The Kier molecular flexibility index (Phi) is 5.31. The lowest BCUT2D eigenvalue weighted by atomic mass is 10.1. The number of methoxy groups -OCH3 is 2. The zero-order valence-corrected chi connectivity index (χ0v) is 12.9. The van der Waals surface area contributed by atoms with E-state index >= 15 is 0 Å². The Labute approximate surface area is 125 Å². The first-order valence-electron chi connectivity index (χ1n) is 7.30. The number of benzene rings is 1. The molecule has 21 heavy (non-hydrogen) atoms. The van der Waals surface area contributed by atoms with Gasteiger partial charge in [0.1, 0.15) is 11.5 Å². The van der Waals surface area contributed by atoms with Crippen molar-refractivity contribution in [3.05, 3.63) is 18.2 Å². The molecule has 1 aromatic carbocycles. The van der Waals surface area contributed by atoms with E-state index in [1.807, 2.05) is 25.1 Å². The van der Waals surface area contributed by atoms with Crippen LogP contribution < -0.4 is 14.4 Å². The van der Waals surface area contributed by atoms with Gasteiger partial charge >= 0.3 is 5.97 Å². The van der Waals surface area contributed by atoms with Crippen LogP contribution in [0.4, 0.5) is 5.69 Å². The molecule has 0 radical (unpaired) electrons. The van der Waals surface area contributed by atoms with Gasteiger partial charge in [0.25, 0.3) is 0 Å². The molecule has 1 saturated heterocycles. The Bertz CT molecular complexity index is 489.